The summed E-state index contributed by atoms with van der Waals surface area (Å²) in [5.41, 5.74) is 1.73. The quantitative estimate of drug-likeness (QED) is 0.242. The van der Waals surface area contributed by atoms with Gasteiger partial charge in [-0.2, -0.15) is 0 Å². The van der Waals surface area contributed by atoms with Gasteiger partial charge in [0.25, 0.3) is 5.91 Å². The number of aliphatic imine (C=N–C) groups is 1. The topological polar surface area (TPSA) is 82.6 Å². The van der Waals surface area contributed by atoms with Crippen LogP contribution in [0.4, 0.5) is 0 Å². The van der Waals surface area contributed by atoms with E-state index in [1.165, 1.54) is 0 Å². The SMILES string of the molecule is CCNC(=NCc1ccc(C(=O)NC(C)CC)cc1)NC1CCCC(S(=O)CC)C1.I. The molecular weight excluding hydrogens is 523 g/mol. The summed E-state index contributed by atoms with van der Waals surface area (Å²) in [6.45, 7) is 9.44. The molecular formula is C23H39IN4O2S. The molecule has 1 aliphatic carbocycles. The maximum absolute atomic E-state index is 12.2. The van der Waals surface area contributed by atoms with Crippen LogP contribution in [0.25, 0.3) is 0 Å². The molecule has 4 unspecified atom stereocenters. The van der Waals surface area contributed by atoms with Gasteiger partial charge in [-0.1, -0.05) is 32.4 Å². The molecule has 0 spiro atoms. The Morgan fingerprint density at radius 2 is 1.90 bits per heavy atom. The fourth-order valence-corrected chi connectivity index (χ4v) is 4.95. The van der Waals surface area contributed by atoms with Crippen LogP contribution < -0.4 is 16.0 Å². The van der Waals surface area contributed by atoms with Gasteiger partial charge in [-0.3, -0.25) is 9.00 Å². The maximum atomic E-state index is 12.2. The van der Waals surface area contributed by atoms with Crippen LogP contribution in [0.5, 0.6) is 0 Å². The van der Waals surface area contributed by atoms with Crippen LogP contribution in [0.15, 0.2) is 29.3 Å². The molecule has 0 aromatic heterocycles. The molecule has 0 aliphatic heterocycles. The molecule has 0 saturated heterocycles. The lowest BCUT2D eigenvalue weighted by Gasteiger charge is -2.30. The highest BCUT2D eigenvalue weighted by Gasteiger charge is 2.26. The third-order valence-electron chi connectivity index (χ3n) is 5.59. The number of carbonyl (C=O) groups excluding carboxylic acids is 1. The monoisotopic (exact) mass is 562 g/mol. The maximum Gasteiger partial charge on any atom is 0.251 e. The Morgan fingerprint density at radius 3 is 2.52 bits per heavy atom. The Morgan fingerprint density at radius 1 is 1.19 bits per heavy atom. The lowest BCUT2D eigenvalue weighted by atomic mass is 9.95. The number of guanidine groups is 1. The van der Waals surface area contributed by atoms with Crippen LogP contribution in [-0.2, 0) is 17.3 Å². The highest BCUT2D eigenvalue weighted by atomic mass is 127. The molecule has 1 aliphatic rings. The van der Waals surface area contributed by atoms with Gasteiger partial charge in [0.15, 0.2) is 5.96 Å². The number of benzene rings is 1. The van der Waals surface area contributed by atoms with E-state index in [4.69, 9.17) is 4.99 Å². The summed E-state index contributed by atoms with van der Waals surface area (Å²) in [5, 5.41) is 10.1. The van der Waals surface area contributed by atoms with Gasteiger partial charge >= 0.3 is 0 Å². The standard InChI is InChI=1S/C23H38N4O2S.HI/c1-5-17(4)26-22(28)19-13-11-18(12-14-19)16-25-23(24-6-2)27-20-9-8-10-21(15-20)30(29)7-3;/h11-14,17,20-21H,5-10,15-16H2,1-4H3,(H,26,28)(H2,24,25,27);1H. The highest BCUT2D eigenvalue weighted by Crippen LogP contribution is 2.23. The first-order chi connectivity index (χ1) is 14.5. The second-order valence-corrected chi connectivity index (χ2v) is 9.98. The third kappa shape index (κ3) is 9.47. The second-order valence-electron chi connectivity index (χ2n) is 7.97. The number of carbonyl (C=O) groups is 1. The van der Waals surface area contributed by atoms with Crippen molar-refractivity contribution < 1.29 is 9.00 Å². The van der Waals surface area contributed by atoms with Crippen molar-refractivity contribution in [2.75, 3.05) is 12.3 Å². The van der Waals surface area contributed by atoms with E-state index >= 15 is 0 Å². The molecule has 0 bridgehead atoms. The van der Waals surface area contributed by atoms with Crippen molar-refractivity contribution in [3.05, 3.63) is 35.4 Å². The smallest absolute Gasteiger partial charge is 0.251 e. The first kappa shape index (κ1) is 27.9. The Hall–Kier alpha value is -1.16. The summed E-state index contributed by atoms with van der Waals surface area (Å²) in [4.78, 5) is 16.9. The number of nitrogens with one attached hydrogen (secondary N) is 3. The van der Waals surface area contributed by atoms with Gasteiger partial charge < -0.3 is 16.0 Å². The minimum atomic E-state index is -0.730. The predicted molar refractivity (Wildman–Crippen MR) is 142 cm³/mol. The van der Waals surface area contributed by atoms with E-state index in [-0.39, 0.29) is 35.9 Å². The summed E-state index contributed by atoms with van der Waals surface area (Å²) in [6, 6.07) is 8.11. The fraction of sp³-hybridized carbons (Fsp3) is 0.652. The normalized spacial score (nSPS) is 20.8. The molecule has 1 amide bonds. The Balaban J connectivity index is 0.00000480. The van der Waals surface area contributed by atoms with Gasteiger partial charge in [0.05, 0.1) is 6.54 Å². The van der Waals surface area contributed by atoms with E-state index in [0.29, 0.717) is 23.4 Å². The number of amides is 1. The summed E-state index contributed by atoms with van der Waals surface area (Å²) in [7, 11) is -0.730. The van der Waals surface area contributed by atoms with Crippen molar-refractivity contribution in [1.82, 2.24) is 16.0 Å². The van der Waals surface area contributed by atoms with E-state index in [1.54, 1.807) is 0 Å². The second kappa shape index (κ2) is 14.8. The number of rotatable bonds is 9. The van der Waals surface area contributed by atoms with Crippen LogP contribution >= 0.6 is 24.0 Å². The molecule has 31 heavy (non-hydrogen) atoms. The van der Waals surface area contributed by atoms with E-state index in [0.717, 1.165) is 55.9 Å². The lowest BCUT2D eigenvalue weighted by Crippen LogP contribution is -2.46. The van der Waals surface area contributed by atoms with Gasteiger partial charge in [-0.15, -0.1) is 24.0 Å². The van der Waals surface area contributed by atoms with Gasteiger partial charge in [0.1, 0.15) is 0 Å². The number of hydrogen-bond donors (Lipinski definition) is 3. The Bertz CT molecular complexity index is 727. The number of halogens is 1. The molecule has 1 fully saturated rings. The fourth-order valence-electron chi connectivity index (χ4n) is 3.60. The first-order valence-corrected chi connectivity index (χ1v) is 12.7. The summed E-state index contributed by atoms with van der Waals surface area (Å²) in [6.07, 6.45) is 5.10. The minimum Gasteiger partial charge on any atom is -0.357 e. The molecule has 1 aromatic rings. The molecule has 4 atom stereocenters. The molecule has 3 N–H and O–H groups in total. The average molecular weight is 563 g/mol. The van der Waals surface area contributed by atoms with Crippen molar-refractivity contribution >= 4 is 46.6 Å². The average Bonchev–Trinajstić information content (AvgIpc) is 2.77. The minimum absolute atomic E-state index is 0. The van der Waals surface area contributed by atoms with Crippen LogP contribution in [0.1, 0.15) is 75.7 Å². The molecule has 1 saturated carbocycles. The molecule has 0 heterocycles. The molecule has 0 radical (unpaired) electrons. The number of nitrogens with zero attached hydrogens (tertiary/aromatic N) is 1. The van der Waals surface area contributed by atoms with Crippen LogP contribution in [0.2, 0.25) is 0 Å². The lowest BCUT2D eigenvalue weighted by molar-refractivity contribution is 0.0939. The zero-order chi connectivity index (χ0) is 21.9. The van der Waals surface area contributed by atoms with E-state index in [1.807, 2.05) is 38.1 Å². The van der Waals surface area contributed by atoms with Crippen LogP contribution in [-0.4, -0.2) is 45.7 Å². The van der Waals surface area contributed by atoms with Crippen molar-refractivity contribution in [3.63, 3.8) is 0 Å². The van der Waals surface area contributed by atoms with E-state index in [9.17, 15) is 9.00 Å². The molecule has 6 nitrogen and oxygen atoms in total. The van der Waals surface area contributed by atoms with E-state index in [2.05, 4.69) is 29.8 Å². The molecule has 176 valence electrons. The molecule has 1 aromatic carbocycles. The Kier molecular flexibility index (Phi) is 13.3. The Labute approximate surface area is 207 Å². The molecule has 8 heteroatoms. The van der Waals surface area contributed by atoms with Gasteiger partial charge in [-0.05, 0) is 57.2 Å². The summed E-state index contributed by atoms with van der Waals surface area (Å²) >= 11 is 0. The van der Waals surface area contributed by atoms with Crippen molar-refractivity contribution in [2.45, 2.75) is 83.7 Å². The summed E-state index contributed by atoms with van der Waals surface area (Å²) < 4.78 is 12.2. The van der Waals surface area contributed by atoms with Crippen LogP contribution in [0, 0.1) is 0 Å². The zero-order valence-corrected chi connectivity index (χ0v) is 22.4. The largest absolute Gasteiger partial charge is 0.357 e. The summed E-state index contributed by atoms with van der Waals surface area (Å²) in [5.74, 6) is 1.49. The van der Waals surface area contributed by atoms with Gasteiger partial charge in [0.2, 0.25) is 0 Å². The van der Waals surface area contributed by atoms with Crippen LogP contribution in [0.3, 0.4) is 0 Å². The van der Waals surface area contributed by atoms with Crippen molar-refractivity contribution in [3.8, 4) is 0 Å². The van der Waals surface area contributed by atoms with Gasteiger partial charge in [0, 0.05) is 46.0 Å². The first-order valence-electron chi connectivity index (χ1n) is 11.3. The predicted octanol–water partition coefficient (Wildman–Crippen LogP) is 3.97. The highest BCUT2D eigenvalue weighted by molar-refractivity contribution is 14.0. The number of hydrogen-bond acceptors (Lipinski definition) is 3. The van der Waals surface area contributed by atoms with E-state index < -0.39 is 10.8 Å². The third-order valence-corrected chi connectivity index (χ3v) is 7.33. The van der Waals surface area contributed by atoms with Crippen molar-refractivity contribution in [1.29, 1.82) is 0 Å². The van der Waals surface area contributed by atoms with Gasteiger partial charge in [-0.25, -0.2) is 4.99 Å². The zero-order valence-electron chi connectivity index (χ0n) is 19.3. The van der Waals surface area contributed by atoms with Crippen molar-refractivity contribution in [2.24, 2.45) is 4.99 Å². The molecule has 2 rings (SSSR count).